The van der Waals surface area contributed by atoms with E-state index in [0.717, 1.165) is 12.5 Å². The molecule has 0 unspecified atom stereocenters. The van der Waals surface area contributed by atoms with Crippen molar-refractivity contribution in [2.75, 3.05) is 18.1 Å². The van der Waals surface area contributed by atoms with Crippen molar-refractivity contribution in [2.24, 2.45) is 11.7 Å². The summed E-state index contributed by atoms with van der Waals surface area (Å²) in [4.78, 5) is 0. The number of unbranched alkanes of at least 4 members (excludes halogenated alkanes) is 1. The first-order valence-electron chi connectivity index (χ1n) is 4.55. The molecule has 0 spiro atoms. The lowest BCUT2D eigenvalue weighted by Gasteiger charge is -2.03. The van der Waals surface area contributed by atoms with Crippen molar-refractivity contribution in [1.29, 1.82) is 0 Å². The van der Waals surface area contributed by atoms with Gasteiger partial charge < -0.3 is 5.73 Å². The molecule has 11 heavy (non-hydrogen) atoms. The Hall–Kier alpha value is 0.310. The molecule has 1 nitrogen and oxygen atoms in total. The van der Waals surface area contributed by atoms with E-state index in [1.54, 1.807) is 0 Å². The molecule has 0 aromatic heterocycles. The van der Waals surface area contributed by atoms with E-state index in [0.29, 0.717) is 0 Å². The van der Waals surface area contributed by atoms with E-state index in [2.05, 4.69) is 25.6 Å². The smallest absolute Gasteiger partial charge is 0.00651 e. The van der Waals surface area contributed by atoms with Gasteiger partial charge in [0.05, 0.1) is 0 Å². The van der Waals surface area contributed by atoms with Crippen LogP contribution in [-0.2, 0) is 0 Å². The highest BCUT2D eigenvalue weighted by molar-refractivity contribution is 7.99. The lowest BCUT2D eigenvalue weighted by atomic mass is 10.2. The molecule has 0 amide bonds. The average Bonchev–Trinajstić information content (AvgIpc) is 1.96. The minimum absolute atomic E-state index is 0.852. The molecular weight excluding hydrogens is 154 g/mol. The molecule has 0 aliphatic rings. The summed E-state index contributed by atoms with van der Waals surface area (Å²) in [5.74, 6) is 3.48. The highest BCUT2D eigenvalue weighted by atomic mass is 32.2. The summed E-state index contributed by atoms with van der Waals surface area (Å²) < 4.78 is 0. The Morgan fingerprint density at radius 3 is 2.45 bits per heavy atom. The van der Waals surface area contributed by atoms with Gasteiger partial charge in [-0.15, -0.1) is 0 Å². The third-order valence-corrected chi connectivity index (χ3v) is 2.68. The Morgan fingerprint density at radius 1 is 1.18 bits per heavy atom. The molecule has 0 saturated heterocycles. The van der Waals surface area contributed by atoms with Crippen LogP contribution in [0.1, 0.15) is 33.1 Å². The van der Waals surface area contributed by atoms with Gasteiger partial charge in [0.15, 0.2) is 0 Å². The van der Waals surface area contributed by atoms with Crippen LogP contribution in [0.25, 0.3) is 0 Å². The maximum Gasteiger partial charge on any atom is -0.00651 e. The predicted octanol–water partition coefficient (Wildman–Crippen LogP) is 2.50. The van der Waals surface area contributed by atoms with Crippen LogP contribution in [0, 0.1) is 5.92 Å². The van der Waals surface area contributed by atoms with Crippen LogP contribution in [0.4, 0.5) is 0 Å². The minimum Gasteiger partial charge on any atom is -0.330 e. The predicted molar refractivity (Wildman–Crippen MR) is 55.1 cm³/mol. The summed E-state index contributed by atoms with van der Waals surface area (Å²) in [6.07, 6.45) is 3.83. The largest absolute Gasteiger partial charge is 0.330 e. The van der Waals surface area contributed by atoms with Gasteiger partial charge in [0.1, 0.15) is 0 Å². The Balaban J connectivity index is 2.80. The van der Waals surface area contributed by atoms with Crippen LogP contribution in [0.3, 0.4) is 0 Å². The fourth-order valence-electron chi connectivity index (χ4n) is 0.770. The number of hydrogen-bond donors (Lipinski definition) is 1. The molecule has 2 heteroatoms. The van der Waals surface area contributed by atoms with Gasteiger partial charge >= 0.3 is 0 Å². The van der Waals surface area contributed by atoms with Gasteiger partial charge in [-0.2, -0.15) is 11.8 Å². The van der Waals surface area contributed by atoms with E-state index < -0.39 is 0 Å². The lowest BCUT2D eigenvalue weighted by molar-refractivity contribution is 0.632. The van der Waals surface area contributed by atoms with Gasteiger partial charge in [0.25, 0.3) is 0 Å². The molecule has 0 saturated carbocycles. The van der Waals surface area contributed by atoms with E-state index >= 15 is 0 Å². The second-order valence-corrected chi connectivity index (χ2v) is 4.52. The van der Waals surface area contributed by atoms with E-state index in [1.165, 1.54) is 30.8 Å². The molecular formula is C9H21NS. The van der Waals surface area contributed by atoms with Crippen LogP contribution in [-0.4, -0.2) is 18.1 Å². The summed E-state index contributed by atoms with van der Waals surface area (Å²) >= 11 is 2.07. The molecule has 68 valence electrons. The normalized spacial score (nSPS) is 10.9. The van der Waals surface area contributed by atoms with Crippen LogP contribution >= 0.6 is 11.8 Å². The Bertz CT molecular complexity index is 74.0. The van der Waals surface area contributed by atoms with E-state index in [4.69, 9.17) is 5.73 Å². The van der Waals surface area contributed by atoms with Crippen molar-refractivity contribution >= 4 is 11.8 Å². The van der Waals surface area contributed by atoms with Crippen molar-refractivity contribution in [3.8, 4) is 0 Å². The highest BCUT2D eigenvalue weighted by Gasteiger charge is 1.93. The molecule has 0 aromatic rings. The summed E-state index contributed by atoms with van der Waals surface area (Å²) in [5.41, 5.74) is 5.38. The number of hydrogen-bond acceptors (Lipinski definition) is 2. The van der Waals surface area contributed by atoms with Gasteiger partial charge in [-0.25, -0.2) is 0 Å². The van der Waals surface area contributed by atoms with E-state index in [-0.39, 0.29) is 0 Å². The van der Waals surface area contributed by atoms with Gasteiger partial charge in [-0.05, 0) is 43.2 Å². The van der Waals surface area contributed by atoms with Crippen molar-refractivity contribution in [2.45, 2.75) is 33.1 Å². The number of nitrogens with two attached hydrogens (primary N) is 1. The Kier molecular flexibility index (Phi) is 8.64. The highest BCUT2D eigenvalue weighted by Crippen LogP contribution is 2.10. The standard InChI is InChI=1S/C9H21NS/c1-9(2)5-8-11-7-4-3-6-10/h9H,3-8,10H2,1-2H3. The molecule has 0 aromatic carbocycles. The molecule has 2 N–H and O–H groups in total. The monoisotopic (exact) mass is 175 g/mol. The Morgan fingerprint density at radius 2 is 1.91 bits per heavy atom. The second-order valence-electron chi connectivity index (χ2n) is 3.29. The van der Waals surface area contributed by atoms with Crippen molar-refractivity contribution in [1.82, 2.24) is 0 Å². The molecule has 0 bridgehead atoms. The van der Waals surface area contributed by atoms with Crippen molar-refractivity contribution < 1.29 is 0 Å². The lowest BCUT2D eigenvalue weighted by Crippen LogP contribution is -1.99. The van der Waals surface area contributed by atoms with Crippen molar-refractivity contribution in [3.05, 3.63) is 0 Å². The summed E-state index contributed by atoms with van der Waals surface area (Å²) in [6, 6.07) is 0. The van der Waals surface area contributed by atoms with Gasteiger partial charge in [-0.1, -0.05) is 13.8 Å². The van der Waals surface area contributed by atoms with Crippen molar-refractivity contribution in [3.63, 3.8) is 0 Å². The third kappa shape index (κ3) is 10.3. The first-order chi connectivity index (χ1) is 5.27. The van der Waals surface area contributed by atoms with E-state index in [1.807, 2.05) is 0 Å². The summed E-state index contributed by atoms with van der Waals surface area (Å²) in [7, 11) is 0. The molecule has 0 aliphatic heterocycles. The van der Waals surface area contributed by atoms with Crippen LogP contribution in [0.2, 0.25) is 0 Å². The van der Waals surface area contributed by atoms with Crippen LogP contribution in [0.15, 0.2) is 0 Å². The molecule has 0 heterocycles. The van der Waals surface area contributed by atoms with Crippen LogP contribution < -0.4 is 5.73 Å². The summed E-state index contributed by atoms with van der Waals surface area (Å²) in [6.45, 7) is 5.41. The molecule has 0 radical (unpaired) electrons. The third-order valence-electron chi connectivity index (χ3n) is 1.58. The van der Waals surface area contributed by atoms with Crippen LogP contribution in [0.5, 0.6) is 0 Å². The quantitative estimate of drug-likeness (QED) is 0.602. The SMILES string of the molecule is CC(C)CCSCCCCN. The zero-order valence-corrected chi connectivity index (χ0v) is 8.62. The maximum atomic E-state index is 5.38. The Labute approximate surface area is 75.1 Å². The van der Waals surface area contributed by atoms with E-state index in [9.17, 15) is 0 Å². The zero-order valence-electron chi connectivity index (χ0n) is 7.81. The topological polar surface area (TPSA) is 26.0 Å². The fraction of sp³-hybridized carbons (Fsp3) is 1.00. The van der Waals surface area contributed by atoms with Gasteiger partial charge in [0.2, 0.25) is 0 Å². The fourth-order valence-corrected chi connectivity index (χ4v) is 2.02. The number of thioether (sulfide) groups is 1. The number of rotatable bonds is 7. The molecule has 0 aliphatic carbocycles. The molecule has 0 fully saturated rings. The second kappa shape index (κ2) is 8.41. The average molecular weight is 175 g/mol. The molecule has 0 atom stereocenters. The summed E-state index contributed by atoms with van der Waals surface area (Å²) in [5, 5.41) is 0. The zero-order chi connectivity index (χ0) is 8.53. The minimum atomic E-state index is 0.852. The first kappa shape index (κ1) is 11.3. The van der Waals surface area contributed by atoms with Gasteiger partial charge in [0, 0.05) is 0 Å². The van der Waals surface area contributed by atoms with Gasteiger partial charge in [-0.3, -0.25) is 0 Å². The maximum absolute atomic E-state index is 5.38. The first-order valence-corrected chi connectivity index (χ1v) is 5.70. The molecule has 0 rings (SSSR count).